The molecule has 24 heavy (non-hydrogen) atoms. The van der Waals surface area contributed by atoms with Gasteiger partial charge in [0, 0.05) is 32.6 Å². The predicted octanol–water partition coefficient (Wildman–Crippen LogP) is 0.849. The Morgan fingerprint density at radius 3 is 2.88 bits per heavy atom. The molecule has 0 aliphatic carbocycles. The maximum absolute atomic E-state index is 12.2. The zero-order valence-corrected chi connectivity index (χ0v) is 13.7. The molecule has 1 unspecified atom stereocenters. The van der Waals surface area contributed by atoms with E-state index in [2.05, 4.69) is 25.8 Å². The zero-order valence-electron chi connectivity index (χ0n) is 13.7. The largest absolute Gasteiger partial charge is 0.351 e. The van der Waals surface area contributed by atoms with Gasteiger partial charge in [0.05, 0.1) is 12.6 Å². The van der Waals surface area contributed by atoms with E-state index in [4.69, 9.17) is 4.52 Å². The van der Waals surface area contributed by atoms with Gasteiger partial charge in [-0.2, -0.15) is 4.98 Å². The molecule has 1 saturated heterocycles. The lowest BCUT2D eigenvalue weighted by atomic mass is 10.2. The number of guanidine groups is 1. The molecule has 2 heterocycles. The van der Waals surface area contributed by atoms with Gasteiger partial charge < -0.3 is 20.1 Å². The van der Waals surface area contributed by atoms with Crippen molar-refractivity contribution in [3.05, 3.63) is 42.0 Å². The van der Waals surface area contributed by atoms with Crippen LogP contribution in [0.15, 0.2) is 39.8 Å². The molecule has 1 amide bonds. The number of hydrogen-bond acceptors (Lipinski definition) is 5. The number of aromatic nitrogens is 2. The molecule has 1 fully saturated rings. The molecule has 0 radical (unpaired) electrons. The summed E-state index contributed by atoms with van der Waals surface area (Å²) in [5.41, 5.74) is 0.914. The predicted molar refractivity (Wildman–Crippen MR) is 89.6 cm³/mol. The van der Waals surface area contributed by atoms with Crippen molar-refractivity contribution >= 4 is 17.6 Å². The molecule has 0 spiro atoms. The highest BCUT2D eigenvalue weighted by Gasteiger charge is 2.31. The van der Waals surface area contributed by atoms with Crippen LogP contribution in [-0.4, -0.2) is 41.6 Å². The summed E-state index contributed by atoms with van der Waals surface area (Å²) in [6.45, 7) is 2.75. The van der Waals surface area contributed by atoms with Gasteiger partial charge in [-0.1, -0.05) is 23.4 Å². The number of hydrogen-bond donors (Lipinski definition) is 2. The summed E-state index contributed by atoms with van der Waals surface area (Å²) >= 11 is 0. The summed E-state index contributed by atoms with van der Waals surface area (Å²) in [5, 5.41) is 10.2. The molecule has 1 aromatic carbocycles. The van der Waals surface area contributed by atoms with Gasteiger partial charge in [0.2, 0.25) is 11.8 Å². The van der Waals surface area contributed by atoms with Gasteiger partial charge in [-0.15, -0.1) is 0 Å². The molecule has 8 nitrogen and oxygen atoms in total. The minimum absolute atomic E-state index is 0.00379. The Morgan fingerprint density at radius 2 is 2.21 bits per heavy atom. The van der Waals surface area contributed by atoms with Gasteiger partial charge >= 0.3 is 0 Å². The first-order valence-electron chi connectivity index (χ1n) is 7.77. The van der Waals surface area contributed by atoms with Crippen LogP contribution in [0.25, 0.3) is 0 Å². The summed E-state index contributed by atoms with van der Waals surface area (Å²) in [6, 6.07) is 9.66. The van der Waals surface area contributed by atoms with Gasteiger partial charge in [-0.25, -0.2) is 0 Å². The lowest BCUT2D eigenvalue weighted by Crippen LogP contribution is -2.44. The van der Waals surface area contributed by atoms with E-state index in [0.717, 1.165) is 5.69 Å². The Bertz CT molecular complexity index is 727. The van der Waals surface area contributed by atoms with Crippen molar-refractivity contribution in [3.8, 4) is 0 Å². The second-order valence-electron chi connectivity index (χ2n) is 5.54. The van der Waals surface area contributed by atoms with Gasteiger partial charge in [0.25, 0.3) is 0 Å². The van der Waals surface area contributed by atoms with Crippen LogP contribution in [0, 0.1) is 6.92 Å². The molecule has 2 N–H and O–H groups in total. The van der Waals surface area contributed by atoms with Crippen LogP contribution in [0.1, 0.15) is 18.1 Å². The van der Waals surface area contributed by atoms with Crippen LogP contribution in [0.2, 0.25) is 0 Å². The fourth-order valence-corrected chi connectivity index (χ4v) is 2.63. The highest BCUT2D eigenvalue weighted by atomic mass is 16.5. The number of amides is 1. The number of carbonyl (C=O) groups is 1. The monoisotopic (exact) mass is 328 g/mol. The average molecular weight is 328 g/mol. The number of nitrogens with zero attached hydrogens (tertiary/aromatic N) is 4. The Hall–Kier alpha value is -2.90. The average Bonchev–Trinajstić information content (AvgIpc) is 3.17. The van der Waals surface area contributed by atoms with Crippen LogP contribution in [0.5, 0.6) is 0 Å². The Morgan fingerprint density at radius 1 is 1.42 bits per heavy atom. The van der Waals surface area contributed by atoms with Gasteiger partial charge in [-0.3, -0.25) is 9.79 Å². The van der Waals surface area contributed by atoms with E-state index >= 15 is 0 Å². The van der Waals surface area contributed by atoms with Crippen molar-refractivity contribution in [1.29, 1.82) is 0 Å². The smallest absolute Gasteiger partial charge is 0.229 e. The van der Waals surface area contributed by atoms with Crippen LogP contribution in [0.3, 0.4) is 0 Å². The molecule has 3 rings (SSSR count). The van der Waals surface area contributed by atoms with Crippen molar-refractivity contribution in [2.24, 2.45) is 4.99 Å². The van der Waals surface area contributed by atoms with E-state index in [1.54, 1.807) is 18.9 Å². The first-order chi connectivity index (χ1) is 11.7. The van der Waals surface area contributed by atoms with Crippen LogP contribution in [-0.2, 0) is 11.3 Å². The third-order valence-corrected chi connectivity index (χ3v) is 3.74. The lowest BCUT2D eigenvalue weighted by molar-refractivity contribution is -0.117. The summed E-state index contributed by atoms with van der Waals surface area (Å²) in [7, 11) is 1.68. The van der Waals surface area contributed by atoms with E-state index in [-0.39, 0.29) is 11.9 Å². The highest BCUT2D eigenvalue weighted by molar-refractivity contribution is 5.97. The molecular weight excluding hydrogens is 308 g/mol. The van der Waals surface area contributed by atoms with Crippen LogP contribution in [0.4, 0.5) is 5.69 Å². The minimum atomic E-state index is -0.00379. The fourth-order valence-electron chi connectivity index (χ4n) is 2.63. The fraction of sp³-hybridized carbons (Fsp3) is 0.375. The maximum Gasteiger partial charge on any atom is 0.229 e. The number of rotatable bonds is 4. The lowest BCUT2D eigenvalue weighted by Gasteiger charge is -2.18. The SMILES string of the molecule is CN=C(NCc1noc(C)n1)NC1CC(=O)N(c2ccccc2)C1. The Labute approximate surface area is 140 Å². The Kier molecular flexibility index (Phi) is 4.74. The molecule has 1 atom stereocenters. The molecule has 2 aromatic rings. The summed E-state index contributed by atoms with van der Waals surface area (Å²) in [4.78, 5) is 22.3. The van der Waals surface area contributed by atoms with E-state index in [0.29, 0.717) is 37.2 Å². The molecule has 0 bridgehead atoms. The number of carbonyl (C=O) groups excluding carboxylic acids is 1. The van der Waals surface area contributed by atoms with E-state index in [9.17, 15) is 4.79 Å². The van der Waals surface area contributed by atoms with Crippen molar-refractivity contribution in [3.63, 3.8) is 0 Å². The first-order valence-corrected chi connectivity index (χ1v) is 7.77. The molecule has 0 saturated carbocycles. The second kappa shape index (κ2) is 7.12. The summed E-state index contributed by atoms with van der Waals surface area (Å²) < 4.78 is 4.93. The minimum Gasteiger partial charge on any atom is -0.351 e. The number of anilines is 1. The number of benzene rings is 1. The summed E-state index contributed by atoms with van der Waals surface area (Å²) in [6.07, 6.45) is 0.427. The van der Waals surface area contributed by atoms with E-state index in [1.165, 1.54) is 0 Å². The van der Waals surface area contributed by atoms with Crippen LogP contribution < -0.4 is 15.5 Å². The zero-order chi connectivity index (χ0) is 16.9. The number of nitrogens with one attached hydrogen (secondary N) is 2. The molecule has 1 aromatic heterocycles. The summed E-state index contributed by atoms with van der Waals surface area (Å²) in [5.74, 6) is 1.78. The molecule has 8 heteroatoms. The molecular formula is C16H20N6O2. The second-order valence-corrected chi connectivity index (χ2v) is 5.54. The van der Waals surface area contributed by atoms with Crippen molar-refractivity contribution in [1.82, 2.24) is 20.8 Å². The van der Waals surface area contributed by atoms with Crippen molar-refractivity contribution in [2.45, 2.75) is 25.9 Å². The standard InChI is InChI=1S/C16H20N6O2/c1-11-19-14(21-24-11)9-18-16(17-2)20-12-8-15(23)22(10-12)13-6-4-3-5-7-13/h3-7,12H,8-10H2,1-2H3,(H2,17,18,20). The third-order valence-electron chi connectivity index (χ3n) is 3.74. The van der Waals surface area contributed by atoms with E-state index in [1.807, 2.05) is 30.3 Å². The van der Waals surface area contributed by atoms with Gasteiger partial charge in [-0.05, 0) is 12.1 Å². The van der Waals surface area contributed by atoms with E-state index < -0.39 is 0 Å². The maximum atomic E-state index is 12.2. The molecule has 1 aliphatic heterocycles. The normalized spacial score (nSPS) is 18.1. The number of para-hydroxylation sites is 1. The first kappa shape index (κ1) is 16.0. The topological polar surface area (TPSA) is 95.6 Å². The Balaban J connectivity index is 1.56. The highest BCUT2D eigenvalue weighted by Crippen LogP contribution is 2.20. The number of aryl methyl sites for hydroxylation is 1. The van der Waals surface area contributed by atoms with Gasteiger partial charge in [0.15, 0.2) is 11.8 Å². The van der Waals surface area contributed by atoms with Crippen LogP contribution >= 0.6 is 0 Å². The molecule has 126 valence electrons. The third kappa shape index (κ3) is 3.70. The van der Waals surface area contributed by atoms with Gasteiger partial charge in [0.1, 0.15) is 0 Å². The molecule has 1 aliphatic rings. The van der Waals surface area contributed by atoms with Crippen molar-refractivity contribution in [2.75, 3.05) is 18.5 Å². The number of aliphatic imine (C=N–C) groups is 1. The quantitative estimate of drug-likeness (QED) is 0.638. The van der Waals surface area contributed by atoms with Crippen molar-refractivity contribution < 1.29 is 9.32 Å².